The van der Waals surface area contributed by atoms with Gasteiger partial charge in [-0.25, -0.2) is 13.1 Å². The third kappa shape index (κ3) is 6.44. The van der Waals surface area contributed by atoms with E-state index in [4.69, 9.17) is 0 Å². The van der Waals surface area contributed by atoms with Gasteiger partial charge in [0.15, 0.2) is 0 Å². The third-order valence-corrected chi connectivity index (χ3v) is 6.47. The number of carbonyl (C=O) groups is 1. The Morgan fingerprint density at radius 1 is 1.16 bits per heavy atom. The van der Waals surface area contributed by atoms with Crippen molar-refractivity contribution < 1.29 is 13.2 Å². The average molecular weight is 367 g/mol. The van der Waals surface area contributed by atoms with E-state index in [0.717, 1.165) is 17.9 Å². The van der Waals surface area contributed by atoms with Gasteiger partial charge < -0.3 is 5.32 Å². The maximum Gasteiger partial charge on any atom is 0.240 e. The SMILES string of the molecule is Cc1ccc(C)c(S(=O)(=O)NCCC(=O)NCCCC2CCCC2)c1. The fraction of sp³-hybridized carbons (Fsp3) is 0.632. The normalized spacial score (nSPS) is 15.4. The van der Waals surface area contributed by atoms with Crippen molar-refractivity contribution in [1.29, 1.82) is 0 Å². The van der Waals surface area contributed by atoms with Gasteiger partial charge in [-0.2, -0.15) is 0 Å². The molecule has 1 aliphatic rings. The predicted molar refractivity (Wildman–Crippen MR) is 99.9 cm³/mol. The molecule has 1 amide bonds. The van der Waals surface area contributed by atoms with Gasteiger partial charge in [-0.05, 0) is 49.8 Å². The Bertz CT molecular complexity index is 680. The van der Waals surface area contributed by atoms with Crippen molar-refractivity contribution in [3.8, 4) is 0 Å². The molecule has 0 unspecified atom stereocenters. The Labute approximate surface area is 151 Å². The van der Waals surface area contributed by atoms with E-state index in [1.165, 1.54) is 32.1 Å². The molecular formula is C19H30N2O3S. The largest absolute Gasteiger partial charge is 0.356 e. The Hall–Kier alpha value is -1.40. The molecule has 1 aromatic carbocycles. The predicted octanol–water partition coefficient (Wildman–Crippen LogP) is 3.06. The zero-order chi connectivity index (χ0) is 18.3. The van der Waals surface area contributed by atoms with Gasteiger partial charge >= 0.3 is 0 Å². The summed E-state index contributed by atoms with van der Waals surface area (Å²) in [5, 5.41) is 2.88. The van der Waals surface area contributed by atoms with Crippen molar-refractivity contribution >= 4 is 15.9 Å². The zero-order valence-electron chi connectivity index (χ0n) is 15.3. The van der Waals surface area contributed by atoms with E-state index in [1.807, 2.05) is 13.0 Å². The minimum Gasteiger partial charge on any atom is -0.356 e. The molecule has 25 heavy (non-hydrogen) atoms. The number of hydrogen-bond donors (Lipinski definition) is 2. The highest BCUT2D eigenvalue weighted by Gasteiger charge is 2.17. The Balaban J connectivity index is 1.68. The molecule has 0 saturated heterocycles. The summed E-state index contributed by atoms with van der Waals surface area (Å²) in [5.41, 5.74) is 1.60. The maximum absolute atomic E-state index is 12.4. The number of amides is 1. The summed E-state index contributed by atoms with van der Waals surface area (Å²) in [5.74, 6) is 0.733. The van der Waals surface area contributed by atoms with E-state index in [2.05, 4.69) is 10.0 Å². The first-order valence-corrected chi connectivity index (χ1v) is 10.7. The second-order valence-corrected chi connectivity index (χ2v) is 8.79. The standard InChI is InChI=1S/C19H30N2O3S/c1-15-9-10-16(2)18(14-15)25(23,24)21-13-11-19(22)20-12-5-8-17-6-3-4-7-17/h9-10,14,17,21H,3-8,11-13H2,1-2H3,(H,20,22). The minimum atomic E-state index is -3.58. The summed E-state index contributed by atoms with van der Waals surface area (Å²) in [6.45, 7) is 4.42. The van der Waals surface area contributed by atoms with Gasteiger partial charge in [0, 0.05) is 19.5 Å². The second kappa shape index (κ2) is 9.34. The molecule has 5 nitrogen and oxygen atoms in total. The van der Waals surface area contributed by atoms with Crippen molar-refractivity contribution in [2.75, 3.05) is 13.1 Å². The molecule has 2 rings (SSSR count). The molecule has 0 aliphatic heterocycles. The van der Waals surface area contributed by atoms with Gasteiger partial charge in [-0.1, -0.05) is 37.8 Å². The molecule has 0 bridgehead atoms. The summed E-state index contributed by atoms with van der Waals surface area (Å²) < 4.78 is 27.2. The van der Waals surface area contributed by atoms with Crippen LogP contribution in [-0.2, 0) is 14.8 Å². The quantitative estimate of drug-likeness (QED) is 0.660. The van der Waals surface area contributed by atoms with E-state index < -0.39 is 10.0 Å². The molecule has 1 aromatic rings. The molecule has 1 aliphatic carbocycles. The number of carbonyl (C=O) groups excluding carboxylic acids is 1. The van der Waals surface area contributed by atoms with Crippen LogP contribution in [0.3, 0.4) is 0 Å². The molecular weight excluding hydrogens is 336 g/mol. The molecule has 140 valence electrons. The Morgan fingerprint density at radius 2 is 1.88 bits per heavy atom. The topological polar surface area (TPSA) is 75.3 Å². The van der Waals surface area contributed by atoms with Crippen molar-refractivity contribution in [2.45, 2.75) is 63.7 Å². The zero-order valence-corrected chi connectivity index (χ0v) is 16.1. The van der Waals surface area contributed by atoms with Gasteiger partial charge in [0.2, 0.25) is 15.9 Å². The summed E-state index contributed by atoms with van der Waals surface area (Å²) in [4.78, 5) is 12.1. The molecule has 6 heteroatoms. The second-order valence-electron chi connectivity index (χ2n) is 7.06. The monoisotopic (exact) mass is 366 g/mol. The van der Waals surface area contributed by atoms with Crippen LogP contribution in [0.25, 0.3) is 0 Å². The lowest BCUT2D eigenvalue weighted by atomic mass is 10.0. The Morgan fingerprint density at radius 3 is 2.60 bits per heavy atom. The highest BCUT2D eigenvalue weighted by molar-refractivity contribution is 7.89. The van der Waals surface area contributed by atoms with Crippen LogP contribution in [0.15, 0.2) is 23.1 Å². The lowest BCUT2D eigenvalue weighted by Gasteiger charge is -2.11. The van der Waals surface area contributed by atoms with Crippen molar-refractivity contribution in [1.82, 2.24) is 10.0 Å². The first-order valence-electron chi connectivity index (χ1n) is 9.22. The van der Waals surface area contributed by atoms with Crippen LogP contribution in [0.1, 0.15) is 56.1 Å². The molecule has 0 radical (unpaired) electrons. The molecule has 0 heterocycles. The average Bonchev–Trinajstić information content (AvgIpc) is 3.07. The molecule has 0 atom stereocenters. The third-order valence-electron chi connectivity index (χ3n) is 4.86. The summed E-state index contributed by atoms with van der Waals surface area (Å²) in [7, 11) is -3.58. The van der Waals surface area contributed by atoms with Crippen LogP contribution in [0.2, 0.25) is 0 Å². The number of hydrogen-bond acceptors (Lipinski definition) is 3. The molecule has 1 saturated carbocycles. The van der Waals surface area contributed by atoms with Gasteiger partial charge in [0.25, 0.3) is 0 Å². The van der Waals surface area contributed by atoms with Crippen LogP contribution in [0.5, 0.6) is 0 Å². The van der Waals surface area contributed by atoms with E-state index >= 15 is 0 Å². The first-order chi connectivity index (χ1) is 11.9. The summed E-state index contributed by atoms with van der Waals surface area (Å²) in [6.07, 6.45) is 7.69. The molecule has 2 N–H and O–H groups in total. The Kier molecular flexibility index (Phi) is 7.44. The highest BCUT2D eigenvalue weighted by Crippen LogP contribution is 2.28. The fourth-order valence-corrected chi connectivity index (χ4v) is 4.74. The lowest BCUT2D eigenvalue weighted by molar-refractivity contribution is -0.120. The number of benzene rings is 1. The number of sulfonamides is 1. The van der Waals surface area contributed by atoms with E-state index in [0.29, 0.717) is 12.1 Å². The van der Waals surface area contributed by atoms with Crippen molar-refractivity contribution in [3.63, 3.8) is 0 Å². The number of nitrogens with one attached hydrogen (secondary N) is 2. The van der Waals surface area contributed by atoms with Gasteiger partial charge in [-0.3, -0.25) is 4.79 Å². The van der Waals surface area contributed by atoms with Crippen LogP contribution < -0.4 is 10.0 Å². The van der Waals surface area contributed by atoms with Crippen LogP contribution in [0.4, 0.5) is 0 Å². The fourth-order valence-electron chi connectivity index (χ4n) is 3.38. The number of rotatable bonds is 9. The van der Waals surface area contributed by atoms with Crippen LogP contribution >= 0.6 is 0 Å². The molecule has 1 fully saturated rings. The van der Waals surface area contributed by atoms with Gasteiger partial charge in [-0.15, -0.1) is 0 Å². The van der Waals surface area contributed by atoms with Crippen LogP contribution in [-0.4, -0.2) is 27.4 Å². The van der Waals surface area contributed by atoms with Crippen molar-refractivity contribution in [2.24, 2.45) is 5.92 Å². The molecule has 0 aromatic heterocycles. The summed E-state index contributed by atoms with van der Waals surface area (Å²) >= 11 is 0. The lowest BCUT2D eigenvalue weighted by Crippen LogP contribution is -2.31. The van der Waals surface area contributed by atoms with Gasteiger partial charge in [0.05, 0.1) is 4.90 Å². The maximum atomic E-state index is 12.4. The van der Waals surface area contributed by atoms with E-state index in [9.17, 15) is 13.2 Å². The van der Waals surface area contributed by atoms with Crippen molar-refractivity contribution in [3.05, 3.63) is 29.3 Å². The van der Waals surface area contributed by atoms with E-state index in [-0.39, 0.29) is 23.8 Å². The highest BCUT2D eigenvalue weighted by atomic mass is 32.2. The van der Waals surface area contributed by atoms with E-state index in [1.54, 1.807) is 19.1 Å². The van der Waals surface area contributed by atoms with Gasteiger partial charge in [0.1, 0.15) is 0 Å². The first kappa shape index (κ1) is 19.9. The summed E-state index contributed by atoms with van der Waals surface area (Å²) in [6, 6.07) is 5.33. The minimum absolute atomic E-state index is 0.102. The smallest absolute Gasteiger partial charge is 0.240 e. The molecule has 0 spiro atoms. The van der Waals surface area contributed by atoms with Crippen LogP contribution in [0, 0.1) is 19.8 Å². The number of aryl methyl sites for hydroxylation is 2.